The number of hydrogen-bond acceptors (Lipinski definition) is 1. The fraction of sp³-hybridized carbons (Fsp3) is 0. The molecule has 0 saturated heterocycles. The molecule has 2 nitrogen and oxygen atoms in total. The van der Waals surface area contributed by atoms with E-state index in [1.807, 2.05) is 30.3 Å². The molecule has 1 unspecified atom stereocenters. The molecule has 0 aromatic heterocycles. The molecule has 4 heteroatoms. The Bertz CT molecular complexity index is 272. The maximum Gasteiger partial charge on any atom is 0.178 e. The van der Waals surface area contributed by atoms with Crippen LogP contribution < -0.4 is 0 Å². The van der Waals surface area contributed by atoms with E-state index < -0.39 is 11.1 Å². The number of benzene rings is 1. The van der Waals surface area contributed by atoms with Crippen LogP contribution in [0, 0.1) is 0 Å². The zero-order valence-electron chi connectivity index (χ0n) is 6.81. The zero-order valence-corrected chi connectivity index (χ0v) is 9.62. The summed E-state index contributed by atoms with van der Waals surface area (Å²) in [6.07, 6.45) is 1.61. The SMILES string of the molecule is O=S(O)C=Cc1ccccc1.[Na]. The first-order chi connectivity index (χ1) is 5.29. The van der Waals surface area contributed by atoms with E-state index in [2.05, 4.69) is 0 Å². The molecule has 0 aliphatic carbocycles. The normalized spacial score (nSPS) is 12.4. The van der Waals surface area contributed by atoms with Gasteiger partial charge in [-0.2, -0.15) is 0 Å². The van der Waals surface area contributed by atoms with Gasteiger partial charge < -0.3 is 4.55 Å². The minimum absolute atomic E-state index is 0. The number of rotatable bonds is 2. The Hall–Kier alpha value is 0.0700. The van der Waals surface area contributed by atoms with Gasteiger partial charge in [0.2, 0.25) is 0 Å². The van der Waals surface area contributed by atoms with Gasteiger partial charge in [0.1, 0.15) is 0 Å². The van der Waals surface area contributed by atoms with Crippen molar-refractivity contribution in [2.75, 3.05) is 0 Å². The van der Waals surface area contributed by atoms with E-state index in [9.17, 15) is 4.21 Å². The minimum atomic E-state index is -1.85. The maximum absolute atomic E-state index is 10.2. The largest absolute Gasteiger partial charge is 0.303 e. The van der Waals surface area contributed by atoms with Gasteiger partial charge in [-0.25, -0.2) is 4.21 Å². The van der Waals surface area contributed by atoms with E-state index in [0.717, 1.165) is 5.56 Å². The third-order valence-corrected chi connectivity index (χ3v) is 1.55. The molecular formula is C8H8NaO2S. The molecule has 12 heavy (non-hydrogen) atoms. The Morgan fingerprint density at radius 3 is 2.33 bits per heavy atom. The van der Waals surface area contributed by atoms with Crippen LogP contribution >= 0.6 is 0 Å². The van der Waals surface area contributed by atoms with Crippen LogP contribution in [0.25, 0.3) is 6.08 Å². The van der Waals surface area contributed by atoms with Crippen molar-refractivity contribution < 1.29 is 8.76 Å². The van der Waals surface area contributed by atoms with Crippen LogP contribution in [-0.2, 0) is 11.1 Å². The van der Waals surface area contributed by atoms with E-state index >= 15 is 0 Å². The fourth-order valence-corrected chi connectivity index (χ4v) is 0.974. The van der Waals surface area contributed by atoms with E-state index in [1.165, 1.54) is 5.41 Å². The Morgan fingerprint density at radius 2 is 1.83 bits per heavy atom. The smallest absolute Gasteiger partial charge is 0.178 e. The van der Waals surface area contributed by atoms with Crippen molar-refractivity contribution in [3.63, 3.8) is 0 Å². The first-order valence-corrected chi connectivity index (χ1v) is 4.29. The van der Waals surface area contributed by atoms with Crippen molar-refractivity contribution in [2.24, 2.45) is 0 Å². The summed E-state index contributed by atoms with van der Waals surface area (Å²) in [7, 11) is 0. The van der Waals surface area contributed by atoms with Gasteiger partial charge in [-0.3, -0.25) is 0 Å². The Morgan fingerprint density at radius 1 is 1.25 bits per heavy atom. The summed E-state index contributed by atoms with van der Waals surface area (Å²) in [5.74, 6) is 0. The molecule has 0 saturated carbocycles. The second-order valence-corrected chi connectivity index (χ2v) is 2.81. The van der Waals surface area contributed by atoms with Gasteiger partial charge in [-0.15, -0.1) is 0 Å². The van der Waals surface area contributed by atoms with Crippen molar-refractivity contribution in [3.8, 4) is 0 Å². The molecule has 0 heterocycles. The van der Waals surface area contributed by atoms with Crippen molar-refractivity contribution in [1.82, 2.24) is 0 Å². The van der Waals surface area contributed by atoms with E-state index in [-0.39, 0.29) is 29.6 Å². The molecule has 0 spiro atoms. The van der Waals surface area contributed by atoms with Gasteiger partial charge in [0, 0.05) is 35.0 Å². The van der Waals surface area contributed by atoms with Crippen molar-refractivity contribution in [3.05, 3.63) is 41.3 Å². The molecule has 0 bridgehead atoms. The molecule has 0 aliphatic heterocycles. The average Bonchev–Trinajstić information content (AvgIpc) is 2.03. The maximum atomic E-state index is 10.2. The van der Waals surface area contributed by atoms with Gasteiger partial charge in [-0.1, -0.05) is 30.3 Å². The third kappa shape index (κ3) is 4.85. The van der Waals surface area contributed by atoms with E-state index in [4.69, 9.17) is 4.55 Å². The molecule has 59 valence electrons. The summed E-state index contributed by atoms with van der Waals surface area (Å²) in [4.78, 5) is 0. The van der Waals surface area contributed by atoms with Crippen LogP contribution in [0.15, 0.2) is 35.7 Å². The third-order valence-electron chi connectivity index (χ3n) is 1.18. The topological polar surface area (TPSA) is 37.3 Å². The van der Waals surface area contributed by atoms with Gasteiger partial charge in [-0.05, 0) is 11.6 Å². The van der Waals surface area contributed by atoms with Crippen LogP contribution in [0.4, 0.5) is 0 Å². The molecule has 1 N–H and O–H groups in total. The first kappa shape index (κ1) is 12.1. The Balaban J connectivity index is 0.00000121. The quantitative estimate of drug-likeness (QED) is 0.568. The van der Waals surface area contributed by atoms with Gasteiger partial charge >= 0.3 is 0 Å². The minimum Gasteiger partial charge on any atom is -0.303 e. The first-order valence-electron chi connectivity index (χ1n) is 3.12. The van der Waals surface area contributed by atoms with Crippen LogP contribution in [0.1, 0.15) is 5.56 Å². The molecule has 0 fully saturated rings. The van der Waals surface area contributed by atoms with Crippen LogP contribution in [-0.4, -0.2) is 38.3 Å². The molecular weight excluding hydrogens is 183 g/mol. The molecule has 0 amide bonds. The summed E-state index contributed by atoms with van der Waals surface area (Å²) in [6, 6.07) is 9.37. The molecule has 0 aliphatic rings. The standard InChI is InChI=1S/C8H8O2S.Na/c9-11(10)7-6-8-4-2-1-3-5-8;/h1-7H,(H,9,10);. The van der Waals surface area contributed by atoms with Crippen molar-refractivity contribution in [1.29, 1.82) is 0 Å². The average molecular weight is 191 g/mol. The molecule has 1 aromatic rings. The van der Waals surface area contributed by atoms with Crippen molar-refractivity contribution in [2.45, 2.75) is 0 Å². The van der Waals surface area contributed by atoms with E-state index in [0.29, 0.717) is 0 Å². The molecule has 1 rings (SSSR count). The van der Waals surface area contributed by atoms with Crippen molar-refractivity contribution >= 4 is 46.7 Å². The summed E-state index contributed by atoms with van der Waals surface area (Å²) in [5, 5.41) is 1.23. The predicted octanol–water partition coefficient (Wildman–Crippen LogP) is 1.50. The monoisotopic (exact) mass is 191 g/mol. The van der Waals surface area contributed by atoms with Gasteiger partial charge in [0.15, 0.2) is 11.1 Å². The van der Waals surface area contributed by atoms with E-state index in [1.54, 1.807) is 6.08 Å². The zero-order chi connectivity index (χ0) is 8.10. The van der Waals surface area contributed by atoms with Gasteiger partial charge in [0.05, 0.1) is 0 Å². The van der Waals surface area contributed by atoms with Gasteiger partial charge in [0.25, 0.3) is 0 Å². The fourth-order valence-electron chi connectivity index (χ4n) is 0.701. The van der Waals surface area contributed by atoms with Crippen LogP contribution in [0.5, 0.6) is 0 Å². The predicted molar refractivity (Wildman–Crippen MR) is 52.0 cm³/mol. The molecule has 1 aromatic carbocycles. The molecule has 1 atom stereocenters. The summed E-state index contributed by atoms with van der Waals surface area (Å²) in [6.45, 7) is 0. The molecule has 1 radical (unpaired) electrons. The Kier molecular flexibility index (Phi) is 6.61. The second-order valence-electron chi connectivity index (χ2n) is 1.99. The Labute approximate surface area is 96.3 Å². The van der Waals surface area contributed by atoms with Crippen LogP contribution in [0.3, 0.4) is 0 Å². The van der Waals surface area contributed by atoms with Crippen LogP contribution in [0.2, 0.25) is 0 Å². The summed E-state index contributed by atoms with van der Waals surface area (Å²) in [5.41, 5.74) is 0.926. The number of hydrogen-bond donors (Lipinski definition) is 1. The summed E-state index contributed by atoms with van der Waals surface area (Å²) < 4.78 is 18.6. The second kappa shape index (κ2) is 6.57. The summed E-state index contributed by atoms with van der Waals surface area (Å²) >= 11 is -1.85.